The molecule has 0 aliphatic rings. The first-order chi connectivity index (χ1) is 11.6. The molecule has 0 fully saturated rings. The van der Waals surface area contributed by atoms with Gasteiger partial charge in [0.15, 0.2) is 5.75 Å². The van der Waals surface area contributed by atoms with Crippen LogP contribution in [0.15, 0.2) is 72.8 Å². The Bertz CT molecular complexity index is 860. The summed E-state index contributed by atoms with van der Waals surface area (Å²) in [5.74, 6) is -0.406. The summed E-state index contributed by atoms with van der Waals surface area (Å²) in [4.78, 5) is 11.2. The Hall–Kier alpha value is -3.27. The van der Waals surface area contributed by atoms with Crippen LogP contribution in [0.3, 0.4) is 0 Å². The van der Waals surface area contributed by atoms with Gasteiger partial charge in [-0.1, -0.05) is 54.6 Å². The SMILES string of the molecule is Nc1cccc(-c2cccc(C(=O)O)c2)c1OCc1ccccc1. The highest BCUT2D eigenvalue weighted by atomic mass is 16.5. The number of hydrogen-bond donors (Lipinski definition) is 2. The van der Waals surface area contributed by atoms with Crippen molar-refractivity contribution >= 4 is 11.7 Å². The van der Waals surface area contributed by atoms with Gasteiger partial charge in [0.25, 0.3) is 0 Å². The number of carboxylic acids is 1. The van der Waals surface area contributed by atoms with E-state index < -0.39 is 5.97 Å². The first kappa shape index (κ1) is 15.6. The average molecular weight is 319 g/mol. The Morgan fingerprint density at radius 3 is 2.46 bits per heavy atom. The predicted molar refractivity (Wildman–Crippen MR) is 94.0 cm³/mol. The summed E-state index contributed by atoms with van der Waals surface area (Å²) in [5, 5.41) is 9.18. The number of anilines is 1. The van der Waals surface area contributed by atoms with E-state index in [9.17, 15) is 9.90 Å². The van der Waals surface area contributed by atoms with E-state index in [4.69, 9.17) is 10.5 Å². The molecule has 3 N–H and O–H groups in total. The minimum absolute atomic E-state index is 0.226. The van der Waals surface area contributed by atoms with Crippen LogP contribution >= 0.6 is 0 Å². The summed E-state index contributed by atoms with van der Waals surface area (Å²) in [6.45, 7) is 0.390. The highest BCUT2D eigenvalue weighted by Gasteiger charge is 2.12. The fraction of sp³-hybridized carbons (Fsp3) is 0.0500. The van der Waals surface area contributed by atoms with E-state index >= 15 is 0 Å². The van der Waals surface area contributed by atoms with Crippen LogP contribution in [-0.4, -0.2) is 11.1 Å². The highest BCUT2D eigenvalue weighted by molar-refractivity contribution is 5.90. The molecule has 0 saturated carbocycles. The third-order valence-corrected chi connectivity index (χ3v) is 3.69. The molecule has 0 radical (unpaired) electrons. The van der Waals surface area contributed by atoms with Crippen LogP contribution in [0.4, 0.5) is 5.69 Å². The van der Waals surface area contributed by atoms with Gasteiger partial charge in [-0.15, -0.1) is 0 Å². The summed E-state index contributed by atoms with van der Waals surface area (Å²) in [6.07, 6.45) is 0. The number of para-hydroxylation sites is 1. The monoisotopic (exact) mass is 319 g/mol. The Morgan fingerprint density at radius 2 is 1.71 bits per heavy atom. The zero-order chi connectivity index (χ0) is 16.9. The highest BCUT2D eigenvalue weighted by Crippen LogP contribution is 2.35. The van der Waals surface area contributed by atoms with E-state index in [1.165, 1.54) is 0 Å². The molecule has 0 atom stereocenters. The summed E-state index contributed by atoms with van der Waals surface area (Å²) >= 11 is 0. The summed E-state index contributed by atoms with van der Waals surface area (Å²) in [6, 6.07) is 22.0. The van der Waals surface area contributed by atoms with E-state index in [2.05, 4.69) is 0 Å². The van der Waals surface area contributed by atoms with Gasteiger partial charge in [0.1, 0.15) is 6.61 Å². The van der Waals surface area contributed by atoms with Crippen molar-refractivity contribution in [3.63, 3.8) is 0 Å². The molecule has 3 rings (SSSR count). The van der Waals surface area contributed by atoms with Crippen LogP contribution in [0.2, 0.25) is 0 Å². The number of benzene rings is 3. The minimum atomic E-state index is -0.965. The van der Waals surface area contributed by atoms with E-state index in [-0.39, 0.29) is 5.56 Å². The molecule has 0 unspecified atom stereocenters. The van der Waals surface area contributed by atoms with Crippen LogP contribution in [0.5, 0.6) is 5.75 Å². The molecule has 4 nitrogen and oxygen atoms in total. The van der Waals surface area contributed by atoms with E-state index in [0.29, 0.717) is 18.0 Å². The minimum Gasteiger partial charge on any atom is -0.486 e. The fourth-order valence-corrected chi connectivity index (χ4v) is 2.49. The zero-order valence-electron chi connectivity index (χ0n) is 13.0. The number of hydrogen-bond acceptors (Lipinski definition) is 3. The number of nitrogens with two attached hydrogens (primary N) is 1. The summed E-state index contributed by atoms with van der Waals surface area (Å²) < 4.78 is 5.94. The lowest BCUT2D eigenvalue weighted by atomic mass is 10.0. The number of nitrogen functional groups attached to an aromatic ring is 1. The maximum Gasteiger partial charge on any atom is 0.335 e. The van der Waals surface area contributed by atoms with Gasteiger partial charge in [0.05, 0.1) is 11.3 Å². The van der Waals surface area contributed by atoms with Crippen LogP contribution in [0.1, 0.15) is 15.9 Å². The van der Waals surface area contributed by atoms with Crippen molar-refractivity contribution in [1.29, 1.82) is 0 Å². The Morgan fingerprint density at radius 1 is 0.958 bits per heavy atom. The fourth-order valence-electron chi connectivity index (χ4n) is 2.49. The molecule has 3 aromatic carbocycles. The topological polar surface area (TPSA) is 72.6 Å². The van der Waals surface area contributed by atoms with Gasteiger partial charge in [-0.2, -0.15) is 0 Å². The second-order valence-corrected chi connectivity index (χ2v) is 5.38. The van der Waals surface area contributed by atoms with Gasteiger partial charge in [-0.3, -0.25) is 0 Å². The van der Waals surface area contributed by atoms with Crippen molar-refractivity contribution in [2.24, 2.45) is 0 Å². The smallest absolute Gasteiger partial charge is 0.335 e. The molecule has 3 aromatic rings. The molecular weight excluding hydrogens is 302 g/mol. The Balaban J connectivity index is 1.95. The van der Waals surface area contributed by atoms with Crippen LogP contribution in [0.25, 0.3) is 11.1 Å². The van der Waals surface area contributed by atoms with Gasteiger partial charge < -0.3 is 15.6 Å². The van der Waals surface area contributed by atoms with Crippen LogP contribution in [0, 0.1) is 0 Å². The molecular formula is C20H17NO3. The third-order valence-electron chi connectivity index (χ3n) is 3.69. The molecule has 120 valence electrons. The van der Waals surface area contributed by atoms with Crippen molar-refractivity contribution in [3.8, 4) is 16.9 Å². The lowest BCUT2D eigenvalue weighted by molar-refractivity contribution is 0.0697. The quantitative estimate of drug-likeness (QED) is 0.691. The van der Waals surface area contributed by atoms with Gasteiger partial charge in [0, 0.05) is 5.56 Å². The molecule has 0 spiro atoms. The normalized spacial score (nSPS) is 10.3. The number of aromatic carboxylic acids is 1. The molecule has 0 bridgehead atoms. The second-order valence-electron chi connectivity index (χ2n) is 5.38. The molecule has 4 heteroatoms. The average Bonchev–Trinajstić information content (AvgIpc) is 2.61. The molecule has 0 aliphatic carbocycles. The Kier molecular flexibility index (Phi) is 4.47. The number of rotatable bonds is 5. The molecule has 0 aliphatic heterocycles. The van der Waals surface area contributed by atoms with Crippen molar-refractivity contribution < 1.29 is 14.6 Å². The third kappa shape index (κ3) is 3.38. The zero-order valence-corrected chi connectivity index (χ0v) is 13.0. The lowest BCUT2D eigenvalue weighted by Crippen LogP contribution is -2.01. The van der Waals surface area contributed by atoms with Crippen molar-refractivity contribution in [3.05, 3.63) is 83.9 Å². The molecule has 0 aromatic heterocycles. The standard InChI is InChI=1S/C20H17NO3/c21-18-11-5-10-17(15-8-4-9-16(12-15)20(22)23)19(18)24-13-14-6-2-1-3-7-14/h1-12H,13,21H2,(H,22,23). The van der Waals surface area contributed by atoms with E-state index in [1.807, 2.05) is 48.5 Å². The van der Waals surface area contributed by atoms with Gasteiger partial charge in [0.2, 0.25) is 0 Å². The number of ether oxygens (including phenoxy) is 1. The summed E-state index contributed by atoms with van der Waals surface area (Å²) in [7, 11) is 0. The molecule has 0 heterocycles. The Labute approximate surface area is 140 Å². The van der Waals surface area contributed by atoms with E-state index in [0.717, 1.165) is 16.7 Å². The lowest BCUT2D eigenvalue weighted by Gasteiger charge is -2.14. The predicted octanol–water partition coefficient (Wildman–Crippen LogP) is 4.21. The van der Waals surface area contributed by atoms with Gasteiger partial charge in [-0.05, 0) is 29.3 Å². The maximum absolute atomic E-state index is 11.2. The summed E-state index contributed by atoms with van der Waals surface area (Å²) in [5.41, 5.74) is 9.38. The first-order valence-electron chi connectivity index (χ1n) is 7.54. The van der Waals surface area contributed by atoms with Gasteiger partial charge >= 0.3 is 5.97 Å². The molecule has 24 heavy (non-hydrogen) atoms. The molecule has 0 saturated heterocycles. The van der Waals surface area contributed by atoms with Crippen LogP contribution in [-0.2, 0) is 6.61 Å². The first-order valence-corrected chi connectivity index (χ1v) is 7.54. The molecule has 0 amide bonds. The van der Waals surface area contributed by atoms with E-state index in [1.54, 1.807) is 24.3 Å². The number of carbonyl (C=O) groups is 1. The second kappa shape index (κ2) is 6.87. The largest absolute Gasteiger partial charge is 0.486 e. The van der Waals surface area contributed by atoms with Gasteiger partial charge in [-0.25, -0.2) is 4.79 Å². The van der Waals surface area contributed by atoms with Crippen molar-refractivity contribution in [2.45, 2.75) is 6.61 Å². The van der Waals surface area contributed by atoms with Crippen molar-refractivity contribution in [2.75, 3.05) is 5.73 Å². The maximum atomic E-state index is 11.2. The number of carboxylic acid groups (broad SMARTS) is 1. The van der Waals surface area contributed by atoms with Crippen LogP contribution < -0.4 is 10.5 Å². The van der Waals surface area contributed by atoms with Crippen molar-refractivity contribution in [1.82, 2.24) is 0 Å².